The summed E-state index contributed by atoms with van der Waals surface area (Å²) >= 11 is 5.79. The fourth-order valence-electron chi connectivity index (χ4n) is 1.88. The van der Waals surface area contributed by atoms with E-state index in [2.05, 4.69) is 4.90 Å². The fourth-order valence-corrected chi connectivity index (χ4v) is 2.00. The average Bonchev–Trinajstić information content (AvgIpc) is 2.06. The molecule has 0 radical (unpaired) electrons. The second-order valence-electron chi connectivity index (χ2n) is 4.27. The summed E-state index contributed by atoms with van der Waals surface area (Å²) < 4.78 is 0. The monoisotopic (exact) mass is 211 g/mol. The number of hydrogen-bond donors (Lipinski definition) is 1. The van der Waals surface area contributed by atoms with E-state index in [0.717, 1.165) is 24.7 Å². The molecular formula is C11H14ClNO. The Morgan fingerprint density at radius 2 is 1.93 bits per heavy atom. The number of hydrogen-bond acceptors (Lipinski definition) is 2. The first-order valence-electron chi connectivity index (χ1n) is 4.74. The van der Waals surface area contributed by atoms with Gasteiger partial charge < -0.3 is 5.11 Å². The van der Waals surface area contributed by atoms with Crippen LogP contribution in [0.25, 0.3) is 0 Å². The molecule has 1 aromatic rings. The maximum absolute atomic E-state index is 9.54. The smallest absolute Gasteiger partial charge is 0.0872 e. The molecule has 0 aliphatic carbocycles. The summed E-state index contributed by atoms with van der Waals surface area (Å²) in [6.45, 7) is 4.28. The van der Waals surface area contributed by atoms with Crippen molar-refractivity contribution < 1.29 is 5.11 Å². The van der Waals surface area contributed by atoms with Crippen LogP contribution in [0.4, 0.5) is 0 Å². The Hall–Kier alpha value is -0.570. The molecule has 1 aromatic carbocycles. The Morgan fingerprint density at radius 1 is 1.36 bits per heavy atom. The van der Waals surface area contributed by atoms with Crippen LogP contribution in [0.2, 0.25) is 5.02 Å². The van der Waals surface area contributed by atoms with Crippen molar-refractivity contribution in [2.45, 2.75) is 19.1 Å². The van der Waals surface area contributed by atoms with Gasteiger partial charge in [-0.3, -0.25) is 4.90 Å². The lowest BCUT2D eigenvalue weighted by molar-refractivity contribution is -0.0871. The Balaban J connectivity index is 1.90. The van der Waals surface area contributed by atoms with Gasteiger partial charge in [0.1, 0.15) is 0 Å². The molecule has 14 heavy (non-hydrogen) atoms. The van der Waals surface area contributed by atoms with E-state index < -0.39 is 5.60 Å². The van der Waals surface area contributed by atoms with Gasteiger partial charge in [-0.2, -0.15) is 0 Å². The lowest BCUT2D eigenvalue weighted by Crippen LogP contribution is -2.59. The molecule has 1 aliphatic rings. The summed E-state index contributed by atoms with van der Waals surface area (Å²) in [7, 11) is 0. The third kappa shape index (κ3) is 2.27. The maximum atomic E-state index is 9.54. The van der Waals surface area contributed by atoms with Crippen molar-refractivity contribution in [1.82, 2.24) is 4.90 Å². The molecule has 0 saturated carbocycles. The number of halogens is 1. The van der Waals surface area contributed by atoms with E-state index in [1.54, 1.807) is 0 Å². The largest absolute Gasteiger partial charge is 0.388 e. The molecule has 1 saturated heterocycles. The van der Waals surface area contributed by atoms with Crippen molar-refractivity contribution in [2.24, 2.45) is 0 Å². The normalized spacial score (nSPS) is 20.5. The quantitative estimate of drug-likeness (QED) is 0.808. The lowest BCUT2D eigenvalue weighted by atomic mass is 9.96. The van der Waals surface area contributed by atoms with Gasteiger partial charge in [0.25, 0.3) is 0 Å². The molecule has 0 unspecified atom stereocenters. The molecule has 0 aromatic heterocycles. The first-order valence-corrected chi connectivity index (χ1v) is 5.12. The standard InChI is InChI=1S/C11H14ClNO/c1-11(14)7-13(8-11)6-9-2-4-10(12)5-3-9/h2-5,14H,6-8H2,1H3. The van der Waals surface area contributed by atoms with E-state index in [-0.39, 0.29) is 0 Å². The van der Waals surface area contributed by atoms with E-state index in [9.17, 15) is 5.11 Å². The molecule has 0 atom stereocenters. The zero-order valence-electron chi connectivity index (χ0n) is 8.20. The molecule has 3 heteroatoms. The minimum Gasteiger partial charge on any atom is -0.388 e. The van der Waals surface area contributed by atoms with Gasteiger partial charge in [0.05, 0.1) is 5.60 Å². The third-order valence-corrected chi connectivity index (χ3v) is 2.70. The van der Waals surface area contributed by atoms with Crippen LogP contribution in [-0.4, -0.2) is 28.7 Å². The Bertz CT molecular complexity index is 313. The van der Waals surface area contributed by atoms with Gasteiger partial charge in [0, 0.05) is 24.7 Å². The molecular weight excluding hydrogens is 198 g/mol. The highest BCUT2D eigenvalue weighted by molar-refractivity contribution is 6.30. The predicted octanol–water partition coefficient (Wildman–Crippen LogP) is 1.91. The summed E-state index contributed by atoms with van der Waals surface area (Å²) in [5.41, 5.74) is 0.761. The number of β-amino-alcohol motifs (C(OH)–C–C–N with tert-alkyl or cyclic N) is 1. The van der Waals surface area contributed by atoms with Crippen LogP contribution in [0.5, 0.6) is 0 Å². The third-order valence-electron chi connectivity index (χ3n) is 2.45. The van der Waals surface area contributed by atoms with E-state index in [0.29, 0.717) is 0 Å². The first-order chi connectivity index (χ1) is 6.55. The number of likely N-dealkylation sites (tertiary alicyclic amines) is 1. The van der Waals surface area contributed by atoms with Crippen LogP contribution in [0.1, 0.15) is 12.5 Å². The SMILES string of the molecule is CC1(O)CN(Cc2ccc(Cl)cc2)C1. The fraction of sp³-hybridized carbons (Fsp3) is 0.455. The maximum Gasteiger partial charge on any atom is 0.0872 e. The van der Waals surface area contributed by atoms with Crippen molar-refractivity contribution in [2.75, 3.05) is 13.1 Å². The second kappa shape index (κ2) is 3.54. The van der Waals surface area contributed by atoms with E-state index in [1.165, 1.54) is 5.56 Å². The van der Waals surface area contributed by atoms with Crippen LogP contribution in [0.15, 0.2) is 24.3 Å². The Labute approximate surface area is 89.1 Å². The molecule has 0 spiro atoms. The molecule has 2 rings (SSSR count). The summed E-state index contributed by atoms with van der Waals surface area (Å²) in [5, 5.41) is 10.3. The molecule has 1 N–H and O–H groups in total. The second-order valence-corrected chi connectivity index (χ2v) is 4.71. The molecule has 1 fully saturated rings. The van der Waals surface area contributed by atoms with E-state index in [4.69, 9.17) is 11.6 Å². The highest BCUT2D eigenvalue weighted by Gasteiger charge is 2.35. The van der Waals surface area contributed by atoms with Gasteiger partial charge in [-0.25, -0.2) is 0 Å². The summed E-state index contributed by atoms with van der Waals surface area (Å²) in [5.74, 6) is 0. The molecule has 1 heterocycles. The Morgan fingerprint density at radius 3 is 2.43 bits per heavy atom. The van der Waals surface area contributed by atoms with Gasteiger partial charge in [-0.1, -0.05) is 23.7 Å². The molecule has 1 aliphatic heterocycles. The van der Waals surface area contributed by atoms with Crippen molar-refractivity contribution in [3.63, 3.8) is 0 Å². The lowest BCUT2D eigenvalue weighted by Gasteiger charge is -2.44. The minimum atomic E-state index is -0.480. The summed E-state index contributed by atoms with van der Waals surface area (Å²) in [4.78, 5) is 2.21. The first kappa shape index (κ1) is 9.97. The van der Waals surface area contributed by atoms with Crippen molar-refractivity contribution in [3.05, 3.63) is 34.9 Å². The number of aliphatic hydroxyl groups is 1. The summed E-state index contributed by atoms with van der Waals surface area (Å²) in [6, 6.07) is 7.84. The molecule has 2 nitrogen and oxygen atoms in total. The highest BCUT2D eigenvalue weighted by atomic mass is 35.5. The number of benzene rings is 1. The number of rotatable bonds is 2. The average molecular weight is 212 g/mol. The topological polar surface area (TPSA) is 23.5 Å². The molecule has 76 valence electrons. The predicted molar refractivity (Wildman–Crippen MR) is 57.4 cm³/mol. The zero-order chi connectivity index (χ0) is 10.2. The molecule has 0 amide bonds. The van der Waals surface area contributed by atoms with Crippen LogP contribution in [0, 0.1) is 0 Å². The van der Waals surface area contributed by atoms with Gasteiger partial charge in [0.15, 0.2) is 0 Å². The van der Waals surface area contributed by atoms with Gasteiger partial charge in [-0.15, -0.1) is 0 Å². The number of nitrogens with zero attached hydrogens (tertiary/aromatic N) is 1. The summed E-state index contributed by atoms with van der Waals surface area (Å²) in [6.07, 6.45) is 0. The van der Waals surface area contributed by atoms with Crippen LogP contribution >= 0.6 is 11.6 Å². The van der Waals surface area contributed by atoms with Gasteiger partial charge in [0.2, 0.25) is 0 Å². The minimum absolute atomic E-state index is 0.480. The highest BCUT2D eigenvalue weighted by Crippen LogP contribution is 2.22. The zero-order valence-corrected chi connectivity index (χ0v) is 8.96. The Kier molecular flexibility index (Phi) is 2.52. The van der Waals surface area contributed by atoms with E-state index >= 15 is 0 Å². The van der Waals surface area contributed by atoms with Gasteiger partial charge in [-0.05, 0) is 24.6 Å². The van der Waals surface area contributed by atoms with E-state index in [1.807, 2.05) is 31.2 Å². The van der Waals surface area contributed by atoms with Crippen LogP contribution in [-0.2, 0) is 6.54 Å². The van der Waals surface area contributed by atoms with Crippen molar-refractivity contribution >= 4 is 11.6 Å². The van der Waals surface area contributed by atoms with Crippen molar-refractivity contribution in [1.29, 1.82) is 0 Å². The molecule has 0 bridgehead atoms. The van der Waals surface area contributed by atoms with Crippen LogP contribution in [0.3, 0.4) is 0 Å². The van der Waals surface area contributed by atoms with Crippen LogP contribution < -0.4 is 0 Å². The van der Waals surface area contributed by atoms with Crippen molar-refractivity contribution in [3.8, 4) is 0 Å². The van der Waals surface area contributed by atoms with Gasteiger partial charge >= 0.3 is 0 Å².